The van der Waals surface area contributed by atoms with Crippen LogP contribution in [0, 0.1) is 5.56 Å². The molecular weight excluding hydrogens is 160 g/mol. The first-order chi connectivity index (χ1) is 5.34. The number of hydrogen-bond donors (Lipinski definition) is 0. The van der Waals surface area contributed by atoms with Crippen LogP contribution < -0.4 is 0 Å². The number of halogens is 1. The largest absolute Gasteiger partial charge is 0.352 e. The Bertz CT molecular complexity index is 198. The van der Waals surface area contributed by atoms with Gasteiger partial charge in [0, 0.05) is 12.2 Å². The highest BCUT2D eigenvalue weighted by molar-refractivity contribution is 6.27. The monoisotopic (exact) mass is 169 g/mol. The molecule has 0 atom stereocenters. The van der Waals surface area contributed by atoms with Crippen LogP contribution in [0.1, 0.15) is 12.5 Å². The van der Waals surface area contributed by atoms with Gasteiger partial charge in [-0.2, -0.15) is 0 Å². The quantitative estimate of drug-likeness (QED) is 0.676. The summed E-state index contributed by atoms with van der Waals surface area (Å²) in [5.74, 6) is 0. The van der Waals surface area contributed by atoms with Crippen molar-refractivity contribution >= 4 is 11.6 Å². The zero-order chi connectivity index (χ0) is 8.10. The fourth-order valence-electron chi connectivity index (χ4n) is 0.779. The lowest BCUT2D eigenvalue weighted by atomic mass is 10.2. The molecule has 1 aromatic carbocycles. The summed E-state index contributed by atoms with van der Waals surface area (Å²) in [7, 11) is 0. The summed E-state index contributed by atoms with van der Waals surface area (Å²) in [4.78, 5) is 0. The summed E-state index contributed by atoms with van der Waals surface area (Å²) in [6, 6.07) is 9.63. The van der Waals surface area contributed by atoms with Gasteiger partial charge in [0.25, 0.3) is 0 Å². The Balaban J connectivity index is 2.61. The maximum Gasteiger partial charge on any atom is 0.214 e. The SMILES string of the molecule is CCO[C](Cl)c1ccccc1. The highest BCUT2D eigenvalue weighted by Gasteiger charge is 2.06. The van der Waals surface area contributed by atoms with Crippen molar-refractivity contribution in [2.75, 3.05) is 6.61 Å². The van der Waals surface area contributed by atoms with Gasteiger partial charge < -0.3 is 4.74 Å². The first-order valence-electron chi connectivity index (χ1n) is 3.55. The molecule has 2 heteroatoms. The van der Waals surface area contributed by atoms with Crippen molar-refractivity contribution in [2.45, 2.75) is 6.92 Å². The summed E-state index contributed by atoms with van der Waals surface area (Å²) >= 11 is 5.80. The van der Waals surface area contributed by atoms with E-state index < -0.39 is 0 Å². The molecule has 0 N–H and O–H groups in total. The van der Waals surface area contributed by atoms with Gasteiger partial charge in [0.2, 0.25) is 5.56 Å². The van der Waals surface area contributed by atoms with Crippen molar-refractivity contribution < 1.29 is 4.74 Å². The molecule has 0 aliphatic rings. The van der Waals surface area contributed by atoms with Gasteiger partial charge in [0.1, 0.15) is 0 Å². The molecule has 0 fully saturated rings. The molecule has 0 aromatic heterocycles. The Morgan fingerprint density at radius 3 is 2.55 bits per heavy atom. The molecule has 1 aromatic rings. The molecule has 0 amide bonds. The van der Waals surface area contributed by atoms with Crippen molar-refractivity contribution in [2.24, 2.45) is 0 Å². The molecule has 59 valence electrons. The van der Waals surface area contributed by atoms with Crippen molar-refractivity contribution in [1.29, 1.82) is 0 Å². The molecule has 0 bridgehead atoms. The van der Waals surface area contributed by atoms with Gasteiger partial charge in [-0.25, -0.2) is 0 Å². The number of benzene rings is 1. The van der Waals surface area contributed by atoms with E-state index in [1.807, 2.05) is 37.3 Å². The molecule has 1 nitrogen and oxygen atoms in total. The van der Waals surface area contributed by atoms with E-state index in [2.05, 4.69) is 0 Å². The maximum atomic E-state index is 5.80. The lowest BCUT2D eigenvalue weighted by molar-refractivity contribution is 0.211. The molecule has 1 radical (unpaired) electrons. The third-order valence-electron chi connectivity index (χ3n) is 1.27. The van der Waals surface area contributed by atoms with Crippen LogP contribution in [0.5, 0.6) is 0 Å². The van der Waals surface area contributed by atoms with Gasteiger partial charge in [-0.3, -0.25) is 0 Å². The zero-order valence-corrected chi connectivity index (χ0v) is 7.14. The Kier molecular flexibility index (Phi) is 3.40. The Labute approximate surface area is 71.9 Å². The summed E-state index contributed by atoms with van der Waals surface area (Å²) in [5.41, 5.74) is 1.39. The molecule has 0 heterocycles. The van der Waals surface area contributed by atoms with Gasteiger partial charge in [0.15, 0.2) is 0 Å². The summed E-state index contributed by atoms with van der Waals surface area (Å²) in [5, 5.41) is 0. The van der Waals surface area contributed by atoms with Gasteiger partial charge in [-0.05, 0) is 6.92 Å². The Hall–Kier alpha value is -0.530. The summed E-state index contributed by atoms with van der Waals surface area (Å²) < 4.78 is 5.11. The van der Waals surface area contributed by atoms with Crippen LogP contribution in [0.25, 0.3) is 0 Å². The van der Waals surface area contributed by atoms with Gasteiger partial charge in [-0.1, -0.05) is 41.9 Å². The van der Waals surface area contributed by atoms with Crippen LogP contribution in [-0.2, 0) is 4.74 Å². The van der Waals surface area contributed by atoms with Crippen LogP contribution >= 0.6 is 11.6 Å². The predicted molar refractivity (Wildman–Crippen MR) is 46.3 cm³/mol. The molecule has 0 unspecified atom stereocenters. The van der Waals surface area contributed by atoms with Crippen molar-refractivity contribution in [1.82, 2.24) is 0 Å². The maximum absolute atomic E-state index is 5.80. The topological polar surface area (TPSA) is 9.23 Å². The second kappa shape index (κ2) is 4.37. The molecule has 0 aliphatic heterocycles. The number of hydrogen-bond acceptors (Lipinski definition) is 1. The first kappa shape index (κ1) is 8.57. The van der Waals surface area contributed by atoms with Crippen molar-refractivity contribution in [3.05, 3.63) is 41.5 Å². The molecule has 1 rings (SSSR count). The number of rotatable bonds is 3. The van der Waals surface area contributed by atoms with E-state index in [9.17, 15) is 0 Å². The van der Waals surface area contributed by atoms with Crippen molar-refractivity contribution in [3.63, 3.8) is 0 Å². The molecule has 0 saturated carbocycles. The van der Waals surface area contributed by atoms with E-state index in [0.717, 1.165) is 5.56 Å². The highest BCUT2D eigenvalue weighted by atomic mass is 35.5. The molecule has 0 saturated heterocycles. The predicted octanol–water partition coefficient (Wildman–Crippen LogP) is 2.80. The van der Waals surface area contributed by atoms with E-state index in [-0.39, 0.29) is 0 Å². The van der Waals surface area contributed by atoms with Crippen LogP contribution in [0.4, 0.5) is 0 Å². The van der Waals surface area contributed by atoms with E-state index in [1.54, 1.807) is 0 Å². The summed E-state index contributed by atoms with van der Waals surface area (Å²) in [6.07, 6.45) is 0. The molecular formula is C9H10ClO. The van der Waals surface area contributed by atoms with Crippen molar-refractivity contribution in [3.8, 4) is 0 Å². The Morgan fingerprint density at radius 2 is 2.00 bits per heavy atom. The van der Waals surface area contributed by atoms with E-state index >= 15 is 0 Å². The lowest BCUT2D eigenvalue weighted by Crippen LogP contribution is -1.96. The second-order valence-corrected chi connectivity index (χ2v) is 2.42. The van der Waals surface area contributed by atoms with Crippen LogP contribution in [0.3, 0.4) is 0 Å². The van der Waals surface area contributed by atoms with E-state index in [0.29, 0.717) is 12.2 Å². The molecule has 11 heavy (non-hydrogen) atoms. The zero-order valence-electron chi connectivity index (χ0n) is 6.38. The fraction of sp³-hybridized carbons (Fsp3) is 0.222. The van der Waals surface area contributed by atoms with Crippen LogP contribution in [-0.4, -0.2) is 6.61 Å². The third-order valence-corrected chi connectivity index (χ3v) is 1.60. The average Bonchev–Trinajstić information content (AvgIpc) is 2.07. The molecule has 0 aliphatic carbocycles. The smallest absolute Gasteiger partial charge is 0.214 e. The minimum atomic E-state index is 0.466. The fourth-order valence-corrected chi connectivity index (χ4v) is 1.01. The van der Waals surface area contributed by atoms with Gasteiger partial charge in [-0.15, -0.1) is 0 Å². The number of ether oxygens (including phenoxy) is 1. The van der Waals surface area contributed by atoms with Crippen LogP contribution in [0.2, 0.25) is 0 Å². The second-order valence-electron chi connectivity index (χ2n) is 2.07. The van der Waals surface area contributed by atoms with E-state index in [4.69, 9.17) is 16.3 Å². The van der Waals surface area contributed by atoms with E-state index in [1.165, 1.54) is 0 Å². The minimum absolute atomic E-state index is 0.466. The summed E-state index contributed by atoms with van der Waals surface area (Å²) in [6.45, 7) is 2.51. The van der Waals surface area contributed by atoms with Gasteiger partial charge >= 0.3 is 0 Å². The third kappa shape index (κ3) is 2.52. The average molecular weight is 170 g/mol. The standard InChI is InChI=1S/C9H10ClO/c1-2-11-9(10)8-6-4-3-5-7-8/h3-7H,2H2,1H3. The minimum Gasteiger partial charge on any atom is -0.352 e. The molecule has 0 spiro atoms. The highest BCUT2D eigenvalue weighted by Crippen LogP contribution is 2.19. The van der Waals surface area contributed by atoms with Crippen LogP contribution in [0.15, 0.2) is 30.3 Å². The first-order valence-corrected chi connectivity index (χ1v) is 3.93. The lowest BCUT2D eigenvalue weighted by Gasteiger charge is -2.06. The Morgan fingerprint density at radius 1 is 1.36 bits per heavy atom. The normalized spacial score (nSPS) is 10.5. The van der Waals surface area contributed by atoms with Gasteiger partial charge in [0.05, 0.1) is 0 Å².